The average molecular weight is 719 g/mol. The van der Waals surface area contributed by atoms with E-state index in [9.17, 15) is 0 Å². The highest BCUT2D eigenvalue weighted by atomic mass is 16.5. The predicted octanol–water partition coefficient (Wildman–Crippen LogP) is 14.4. The van der Waals surface area contributed by atoms with Crippen molar-refractivity contribution in [3.63, 3.8) is 0 Å². The quantitative estimate of drug-likeness (QED) is 0.156. The Bertz CT molecular complexity index is 2990. The second-order valence-corrected chi connectivity index (χ2v) is 14.2. The Morgan fingerprint density at radius 3 is 1.73 bits per heavy atom. The summed E-state index contributed by atoms with van der Waals surface area (Å²) in [5, 5.41) is 4.90. The molecule has 3 heteroatoms. The molecule has 10 aromatic rings. The molecule has 0 bridgehead atoms. The molecule has 56 heavy (non-hydrogen) atoms. The zero-order chi connectivity index (χ0) is 37.4. The lowest BCUT2D eigenvalue weighted by Crippen LogP contribution is -2.10. The molecule has 0 aliphatic carbocycles. The maximum Gasteiger partial charge on any atom is 0.119 e. The number of anilines is 3. The second kappa shape index (κ2) is 14.1. The van der Waals surface area contributed by atoms with Crippen molar-refractivity contribution < 1.29 is 4.74 Å². The first-order valence-electron chi connectivity index (χ1n) is 19.0. The van der Waals surface area contributed by atoms with Gasteiger partial charge in [0.15, 0.2) is 0 Å². The molecular weight excluding hydrogens is 681 g/mol. The average Bonchev–Trinajstić information content (AvgIpc) is 3.61. The van der Waals surface area contributed by atoms with Crippen LogP contribution in [0, 0.1) is 0 Å². The Kier molecular flexibility index (Phi) is 8.38. The number of aromatic nitrogens is 1. The predicted molar refractivity (Wildman–Crippen MR) is 236 cm³/mol. The van der Waals surface area contributed by atoms with Crippen LogP contribution in [0.5, 0.6) is 5.75 Å². The van der Waals surface area contributed by atoms with Crippen LogP contribution >= 0.6 is 0 Å². The van der Waals surface area contributed by atoms with Gasteiger partial charge in [-0.25, -0.2) is 0 Å². The highest BCUT2D eigenvalue weighted by molar-refractivity contribution is 6.10. The van der Waals surface area contributed by atoms with Gasteiger partial charge in [-0.3, -0.25) is 0 Å². The molecule has 0 radical (unpaired) electrons. The van der Waals surface area contributed by atoms with Crippen LogP contribution in [0.1, 0.15) is 0 Å². The number of benzene rings is 9. The number of para-hydroxylation sites is 1. The van der Waals surface area contributed by atoms with Crippen LogP contribution in [0.4, 0.5) is 17.1 Å². The zero-order valence-corrected chi connectivity index (χ0v) is 31.0. The van der Waals surface area contributed by atoms with Gasteiger partial charge in [-0.2, -0.15) is 0 Å². The third kappa shape index (κ3) is 5.96. The standard InChI is InChI=1S/C53H38N2O/c1-56-47-31-29-44(30-32-47)54(51-23-11-15-40-14-5-6-20-48(40)51)45-18-9-17-42(34-45)38-24-26-39(27-25-38)43-28-33-50-49-21-7-8-22-52(49)55(53(50)36-43)46-19-10-16-41(35-46)37-12-3-2-4-13-37/h2-36H,1H3. The summed E-state index contributed by atoms with van der Waals surface area (Å²) in [4.78, 5) is 2.34. The van der Waals surface area contributed by atoms with Gasteiger partial charge in [-0.1, -0.05) is 146 Å². The summed E-state index contributed by atoms with van der Waals surface area (Å²) < 4.78 is 7.92. The van der Waals surface area contributed by atoms with E-state index in [-0.39, 0.29) is 0 Å². The number of hydrogen-bond acceptors (Lipinski definition) is 2. The molecule has 0 aliphatic heterocycles. The van der Waals surface area contributed by atoms with Crippen molar-refractivity contribution in [1.82, 2.24) is 4.57 Å². The molecule has 0 saturated carbocycles. The fourth-order valence-electron chi connectivity index (χ4n) is 8.12. The molecule has 0 fully saturated rings. The SMILES string of the molecule is COc1ccc(N(c2cccc(-c3ccc(-c4ccc5c6ccccc6n(-c6cccc(-c7ccccc7)c6)c5c4)cc3)c2)c2cccc3ccccc23)cc1. The number of methoxy groups -OCH3 is 1. The maximum atomic E-state index is 5.51. The lowest BCUT2D eigenvalue weighted by molar-refractivity contribution is 0.415. The summed E-state index contributed by atoms with van der Waals surface area (Å²) in [6, 6.07) is 76.2. The highest BCUT2D eigenvalue weighted by Gasteiger charge is 2.17. The topological polar surface area (TPSA) is 17.4 Å². The molecule has 0 amide bonds. The molecule has 0 unspecified atom stereocenters. The van der Waals surface area contributed by atoms with Crippen LogP contribution < -0.4 is 9.64 Å². The Labute approximate surface area is 326 Å². The van der Waals surface area contributed by atoms with Crippen molar-refractivity contribution in [2.24, 2.45) is 0 Å². The van der Waals surface area contributed by atoms with E-state index in [4.69, 9.17) is 4.74 Å². The first-order valence-corrected chi connectivity index (χ1v) is 19.0. The molecule has 0 saturated heterocycles. The third-order valence-corrected chi connectivity index (χ3v) is 10.9. The van der Waals surface area contributed by atoms with E-state index in [1.54, 1.807) is 7.11 Å². The van der Waals surface area contributed by atoms with Gasteiger partial charge < -0.3 is 14.2 Å². The number of rotatable bonds is 8. The summed E-state index contributed by atoms with van der Waals surface area (Å²) in [5.74, 6) is 0.832. The van der Waals surface area contributed by atoms with Gasteiger partial charge in [0.25, 0.3) is 0 Å². The summed E-state index contributed by atoms with van der Waals surface area (Å²) in [7, 11) is 1.70. The molecule has 1 aromatic heterocycles. The Balaban J connectivity index is 1.03. The summed E-state index contributed by atoms with van der Waals surface area (Å²) in [6.07, 6.45) is 0. The minimum atomic E-state index is 0.832. The van der Waals surface area contributed by atoms with Gasteiger partial charge in [0.1, 0.15) is 5.75 Å². The minimum absolute atomic E-state index is 0.832. The molecule has 3 nitrogen and oxygen atoms in total. The van der Waals surface area contributed by atoms with Crippen molar-refractivity contribution in [3.05, 3.63) is 212 Å². The normalized spacial score (nSPS) is 11.3. The van der Waals surface area contributed by atoms with Gasteiger partial charge in [0, 0.05) is 33.2 Å². The van der Waals surface area contributed by atoms with Crippen LogP contribution in [0.25, 0.3) is 71.6 Å². The van der Waals surface area contributed by atoms with E-state index in [1.165, 1.54) is 54.8 Å². The summed E-state index contributed by atoms with van der Waals surface area (Å²) in [6.45, 7) is 0. The smallest absolute Gasteiger partial charge is 0.119 e. The zero-order valence-electron chi connectivity index (χ0n) is 31.0. The van der Waals surface area contributed by atoms with E-state index in [2.05, 4.69) is 210 Å². The van der Waals surface area contributed by atoms with Crippen molar-refractivity contribution in [1.29, 1.82) is 0 Å². The van der Waals surface area contributed by atoms with Crippen LogP contribution in [0.3, 0.4) is 0 Å². The molecule has 0 N–H and O–H groups in total. The molecule has 0 spiro atoms. The van der Waals surface area contributed by atoms with Gasteiger partial charge in [0.05, 0.1) is 23.8 Å². The number of fused-ring (bicyclic) bond motifs is 4. The Morgan fingerprint density at radius 1 is 0.375 bits per heavy atom. The lowest BCUT2D eigenvalue weighted by Gasteiger charge is -2.27. The van der Waals surface area contributed by atoms with Gasteiger partial charge in [-0.15, -0.1) is 0 Å². The van der Waals surface area contributed by atoms with Crippen molar-refractivity contribution in [2.75, 3.05) is 12.0 Å². The Hall–Kier alpha value is -7.36. The fraction of sp³-hybridized carbons (Fsp3) is 0.0189. The largest absolute Gasteiger partial charge is 0.497 e. The monoisotopic (exact) mass is 718 g/mol. The van der Waals surface area contributed by atoms with Crippen LogP contribution in [-0.4, -0.2) is 11.7 Å². The van der Waals surface area contributed by atoms with Crippen molar-refractivity contribution in [2.45, 2.75) is 0 Å². The molecule has 10 rings (SSSR count). The lowest BCUT2D eigenvalue weighted by atomic mass is 9.98. The minimum Gasteiger partial charge on any atom is -0.497 e. The van der Waals surface area contributed by atoms with Gasteiger partial charge >= 0.3 is 0 Å². The summed E-state index contributed by atoms with van der Waals surface area (Å²) >= 11 is 0. The molecular formula is C53H38N2O. The Morgan fingerprint density at radius 2 is 0.946 bits per heavy atom. The van der Waals surface area contributed by atoms with Crippen LogP contribution in [-0.2, 0) is 0 Å². The third-order valence-electron chi connectivity index (χ3n) is 10.9. The van der Waals surface area contributed by atoms with Crippen molar-refractivity contribution >= 4 is 49.6 Å². The summed E-state index contributed by atoms with van der Waals surface area (Å²) in [5.41, 5.74) is 13.9. The van der Waals surface area contributed by atoms with E-state index < -0.39 is 0 Å². The first-order chi connectivity index (χ1) is 27.7. The highest BCUT2D eigenvalue weighted by Crippen LogP contribution is 2.41. The maximum absolute atomic E-state index is 5.51. The van der Waals surface area contributed by atoms with Gasteiger partial charge in [0.2, 0.25) is 0 Å². The van der Waals surface area contributed by atoms with Crippen LogP contribution in [0.2, 0.25) is 0 Å². The number of hydrogen-bond donors (Lipinski definition) is 0. The second-order valence-electron chi connectivity index (χ2n) is 14.2. The van der Waals surface area contributed by atoms with Gasteiger partial charge in [-0.05, 0) is 105 Å². The molecule has 9 aromatic carbocycles. The van der Waals surface area contributed by atoms with E-state index >= 15 is 0 Å². The van der Waals surface area contributed by atoms with Crippen LogP contribution in [0.15, 0.2) is 212 Å². The molecule has 266 valence electrons. The number of nitrogens with zero attached hydrogens (tertiary/aromatic N) is 2. The molecule has 0 atom stereocenters. The number of ether oxygens (including phenoxy) is 1. The fourth-order valence-corrected chi connectivity index (χ4v) is 8.12. The van der Waals surface area contributed by atoms with E-state index in [0.717, 1.165) is 39.6 Å². The molecule has 1 heterocycles. The van der Waals surface area contributed by atoms with E-state index in [1.807, 2.05) is 12.1 Å². The molecule has 0 aliphatic rings. The first kappa shape index (κ1) is 33.2. The van der Waals surface area contributed by atoms with E-state index in [0.29, 0.717) is 0 Å². The van der Waals surface area contributed by atoms with Crippen molar-refractivity contribution in [3.8, 4) is 44.8 Å².